The fourth-order valence-electron chi connectivity index (χ4n) is 2.60. The first-order valence-corrected chi connectivity index (χ1v) is 7.41. The minimum absolute atomic E-state index is 0.0369. The van der Waals surface area contributed by atoms with E-state index in [-0.39, 0.29) is 17.3 Å². The van der Waals surface area contributed by atoms with Crippen molar-refractivity contribution in [2.75, 3.05) is 7.11 Å². The summed E-state index contributed by atoms with van der Waals surface area (Å²) in [6.07, 6.45) is 1.62. The van der Waals surface area contributed by atoms with Crippen molar-refractivity contribution in [2.24, 2.45) is 0 Å². The summed E-state index contributed by atoms with van der Waals surface area (Å²) in [5, 5.41) is 10.2. The van der Waals surface area contributed by atoms with Crippen LogP contribution >= 0.6 is 11.6 Å². The van der Waals surface area contributed by atoms with Crippen molar-refractivity contribution < 1.29 is 19.4 Å². The number of carbonyl (C=O) groups is 1. The van der Waals surface area contributed by atoms with Gasteiger partial charge in [0.25, 0.3) is 0 Å². The number of aryl methyl sites for hydroxylation is 1. The summed E-state index contributed by atoms with van der Waals surface area (Å²) < 4.78 is 10.8. The molecular formula is C18H15ClO4. The highest BCUT2D eigenvalue weighted by Crippen LogP contribution is 2.39. The van der Waals surface area contributed by atoms with Gasteiger partial charge in [0.2, 0.25) is 5.78 Å². The van der Waals surface area contributed by atoms with Crippen molar-refractivity contribution in [3.8, 4) is 17.2 Å². The second kappa shape index (κ2) is 5.63. The van der Waals surface area contributed by atoms with Crippen LogP contribution < -0.4 is 9.47 Å². The Balaban J connectivity index is 2.04. The lowest BCUT2D eigenvalue weighted by atomic mass is 10.0. The molecule has 0 aliphatic carbocycles. The molecule has 0 fully saturated rings. The molecule has 5 heteroatoms. The molecule has 0 aromatic heterocycles. The molecule has 0 atom stereocenters. The van der Waals surface area contributed by atoms with E-state index >= 15 is 0 Å². The average Bonchev–Trinajstić information content (AvgIpc) is 2.83. The maximum atomic E-state index is 12.6. The fourth-order valence-corrected chi connectivity index (χ4v) is 2.75. The van der Waals surface area contributed by atoms with Gasteiger partial charge in [0.1, 0.15) is 5.75 Å². The van der Waals surface area contributed by atoms with Gasteiger partial charge in [-0.2, -0.15) is 0 Å². The van der Waals surface area contributed by atoms with Crippen LogP contribution in [0.25, 0.3) is 6.08 Å². The average molecular weight is 331 g/mol. The number of rotatable bonds is 2. The van der Waals surface area contributed by atoms with Gasteiger partial charge in [-0.05, 0) is 54.8 Å². The van der Waals surface area contributed by atoms with Crippen molar-refractivity contribution in [1.82, 2.24) is 0 Å². The molecule has 0 bridgehead atoms. The van der Waals surface area contributed by atoms with Gasteiger partial charge < -0.3 is 14.6 Å². The van der Waals surface area contributed by atoms with E-state index in [0.717, 1.165) is 11.1 Å². The Morgan fingerprint density at radius 3 is 2.70 bits per heavy atom. The van der Waals surface area contributed by atoms with Crippen LogP contribution in [0, 0.1) is 13.8 Å². The summed E-state index contributed by atoms with van der Waals surface area (Å²) in [6, 6.07) is 6.58. The summed E-state index contributed by atoms with van der Waals surface area (Å²) in [6.45, 7) is 3.68. The highest BCUT2D eigenvalue weighted by Gasteiger charge is 2.30. The number of phenolic OH excluding ortho intramolecular Hbond substituents is 1. The number of halogens is 1. The van der Waals surface area contributed by atoms with Gasteiger partial charge >= 0.3 is 0 Å². The molecule has 4 nitrogen and oxygen atoms in total. The zero-order valence-corrected chi connectivity index (χ0v) is 13.7. The predicted molar refractivity (Wildman–Crippen MR) is 88.5 cm³/mol. The third-order valence-corrected chi connectivity index (χ3v) is 4.40. The van der Waals surface area contributed by atoms with Crippen LogP contribution in [-0.2, 0) is 0 Å². The molecule has 0 saturated carbocycles. The van der Waals surface area contributed by atoms with Gasteiger partial charge in [-0.15, -0.1) is 0 Å². The number of ether oxygens (including phenoxy) is 2. The normalized spacial score (nSPS) is 14.8. The van der Waals surface area contributed by atoms with Crippen LogP contribution in [0.1, 0.15) is 27.0 Å². The Kier molecular flexibility index (Phi) is 3.78. The van der Waals surface area contributed by atoms with Crippen LogP contribution in [0.15, 0.2) is 30.0 Å². The molecule has 2 aromatic rings. The molecule has 0 amide bonds. The lowest BCUT2D eigenvalue weighted by Crippen LogP contribution is -2.00. The molecule has 3 rings (SSSR count). The van der Waals surface area contributed by atoms with E-state index in [4.69, 9.17) is 21.1 Å². The second-order valence-corrected chi connectivity index (χ2v) is 5.75. The highest BCUT2D eigenvalue weighted by molar-refractivity contribution is 6.33. The number of ketones is 1. The van der Waals surface area contributed by atoms with Crippen LogP contribution in [-0.4, -0.2) is 18.0 Å². The molecule has 0 spiro atoms. The van der Waals surface area contributed by atoms with E-state index < -0.39 is 0 Å². The highest BCUT2D eigenvalue weighted by atomic mass is 35.5. The number of hydrogen-bond acceptors (Lipinski definition) is 4. The number of carbonyl (C=O) groups excluding carboxylic acids is 1. The molecule has 1 aliphatic rings. The molecule has 1 N–H and O–H groups in total. The van der Waals surface area contributed by atoms with Crippen LogP contribution in [0.2, 0.25) is 5.02 Å². The summed E-state index contributed by atoms with van der Waals surface area (Å²) >= 11 is 6.22. The molecule has 1 heterocycles. The number of phenols is 1. The second-order valence-electron chi connectivity index (χ2n) is 5.38. The molecule has 0 radical (unpaired) electrons. The zero-order chi connectivity index (χ0) is 16.7. The Bertz CT molecular complexity index is 853. The fraction of sp³-hybridized carbons (Fsp3) is 0.167. The molecular weight excluding hydrogens is 316 g/mol. The maximum absolute atomic E-state index is 12.6. The Morgan fingerprint density at radius 2 is 2.00 bits per heavy atom. The summed E-state index contributed by atoms with van der Waals surface area (Å²) in [5.74, 6) is 0.905. The summed E-state index contributed by atoms with van der Waals surface area (Å²) in [4.78, 5) is 12.6. The van der Waals surface area contributed by atoms with Gasteiger partial charge in [0.05, 0.1) is 12.7 Å². The van der Waals surface area contributed by atoms with E-state index in [9.17, 15) is 9.90 Å². The Morgan fingerprint density at radius 1 is 1.26 bits per heavy atom. The topological polar surface area (TPSA) is 55.8 Å². The minimum atomic E-state index is -0.202. The van der Waals surface area contributed by atoms with Crippen molar-refractivity contribution in [2.45, 2.75) is 13.8 Å². The van der Waals surface area contributed by atoms with Gasteiger partial charge in [-0.25, -0.2) is 0 Å². The quantitative estimate of drug-likeness (QED) is 0.835. The number of aromatic hydroxyl groups is 1. The Labute approximate surface area is 138 Å². The molecule has 2 aromatic carbocycles. The van der Waals surface area contributed by atoms with E-state index in [1.165, 1.54) is 13.2 Å². The van der Waals surface area contributed by atoms with Crippen molar-refractivity contribution >= 4 is 23.5 Å². The van der Waals surface area contributed by atoms with E-state index in [0.29, 0.717) is 27.6 Å². The van der Waals surface area contributed by atoms with Crippen LogP contribution in [0.5, 0.6) is 17.2 Å². The first kappa shape index (κ1) is 15.4. The lowest BCUT2D eigenvalue weighted by molar-refractivity contribution is 0.101. The number of allylic oxidation sites excluding steroid dienone is 1. The van der Waals surface area contributed by atoms with Gasteiger partial charge in [-0.1, -0.05) is 17.7 Å². The molecule has 1 aliphatic heterocycles. The van der Waals surface area contributed by atoms with E-state index in [1.54, 1.807) is 24.3 Å². The summed E-state index contributed by atoms with van der Waals surface area (Å²) in [5.41, 5.74) is 2.77. The Hall–Kier alpha value is -2.46. The van der Waals surface area contributed by atoms with Gasteiger partial charge in [-0.3, -0.25) is 4.79 Å². The van der Waals surface area contributed by atoms with Crippen LogP contribution in [0.4, 0.5) is 0 Å². The summed E-state index contributed by atoms with van der Waals surface area (Å²) in [7, 11) is 1.47. The van der Waals surface area contributed by atoms with Gasteiger partial charge in [0, 0.05) is 5.02 Å². The molecule has 0 unspecified atom stereocenters. The number of benzene rings is 2. The van der Waals surface area contributed by atoms with Crippen molar-refractivity contribution in [3.05, 3.63) is 57.3 Å². The third-order valence-electron chi connectivity index (χ3n) is 3.82. The monoisotopic (exact) mass is 330 g/mol. The third kappa shape index (κ3) is 2.55. The van der Waals surface area contributed by atoms with Crippen LogP contribution in [0.3, 0.4) is 0 Å². The molecule has 0 saturated heterocycles. The number of fused-ring (bicyclic) bond motifs is 1. The standard InChI is InChI=1S/C18H15ClO4/c1-9-6-14-16(10(2)17(9)19)18(21)15(23-14)8-11-4-5-12(20)13(7-11)22-3/h4-8,20H,1-3H3/b15-8-. The number of methoxy groups -OCH3 is 1. The first-order chi connectivity index (χ1) is 10.9. The zero-order valence-electron chi connectivity index (χ0n) is 12.9. The predicted octanol–water partition coefficient (Wildman–Crippen LogP) is 4.29. The van der Waals surface area contributed by atoms with Crippen molar-refractivity contribution in [1.29, 1.82) is 0 Å². The maximum Gasteiger partial charge on any atom is 0.232 e. The molecule has 118 valence electrons. The van der Waals surface area contributed by atoms with Gasteiger partial charge in [0.15, 0.2) is 17.3 Å². The number of Topliss-reactive ketones (excluding diaryl/α,β-unsaturated/α-hetero) is 1. The minimum Gasteiger partial charge on any atom is -0.504 e. The molecule has 23 heavy (non-hydrogen) atoms. The van der Waals surface area contributed by atoms with E-state index in [2.05, 4.69) is 0 Å². The SMILES string of the molecule is COc1cc(/C=C2\Oc3cc(C)c(Cl)c(C)c3C2=O)ccc1O. The van der Waals surface area contributed by atoms with E-state index in [1.807, 2.05) is 13.8 Å². The largest absolute Gasteiger partial charge is 0.504 e. The number of hydrogen-bond donors (Lipinski definition) is 1. The lowest BCUT2D eigenvalue weighted by Gasteiger charge is -2.06. The first-order valence-electron chi connectivity index (χ1n) is 7.03. The smallest absolute Gasteiger partial charge is 0.232 e. The van der Waals surface area contributed by atoms with Crippen molar-refractivity contribution in [3.63, 3.8) is 0 Å².